The zero-order valence-electron chi connectivity index (χ0n) is 11.0. The van der Waals surface area contributed by atoms with Crippen LogP contribution in [0.5, 0.6) is 0 Å². The van der Waals surface area contributed by atoms with Gasteiger partial charge in [-0.25, -0.2) is 4.39 Å². The van der Waals surface area contributed by atoms with E-state index in [2.05, 4.69) is 10.3 Å². The lowest BCUT2D eigenvalue weighted by atomic mass is 10.1. The molecule has 0 aliphatic carbocycles. The summed E-state index contributed by atoms with van der Waals surface area (Å²) in [5.41, 5.74) is 8.60. The average molecular weight is 278 g/mol. The molecule has 3 rings (SSSR count). The van der Waals surface area contributed by atoms with Gasteiger partial charge in [0, 0.05) is 5.39 Å². The number of nitrogens with two attached hydrogens (primary N) is 1. The first-order valence-corrected chi connectivity index (χ1v) is 6.29. The Morgan fingerprint density at radius 1 is 1.19 bits per heavy atom. The molecule has 3 aromatic rings. The topological polar surface area (TPSA) is 74.7 Å². The Kier molecular flexibility index (Phi) is 3.13. The molecule has 0 radical (unpaired) electrons. The summed E-state index contributed by atoms with van der Waals surface area (Å²) >= 11 is 0. The summed E-state index contributed by atoms with van der Waals surface area (Å²) < 4.78 is 13.2. The maximum absolute atomic E-state index is 13.2. The zero-order valence-corrected chi connectivity index (χ0v) is 11.0. The lowest BCUT2D eigenvalue weighted by molar-refractivity contribution is 0.627. The quantitative estimate of drug-likeness (QED) is 0.751. The molecule has 0 saturated carbocycles. The summed E-state index contributed by atoms with van der Waals surface area (Å²) in [5.74, 6) is -0.454. The monoisotopic (exact) mass is 278 g/mol. The van der Waals surface area contributed by atoms with Gasteiger partial charge in [-0.3, -0.25) is 4.98 Å². The van der Waals surface area contributed by atoms with Crippen molar-refractivity contribution in [1.29, 1.82) is 5.26 Å². The van der Waals surface area contributed by atoms with Crippen LogP contribution in [0.1, 0.15) is 5.56 Å². The molecule has 102 valence electrons. The van der Waals surface area contributed by atoms with E-state index in [-0.39, 0.29) is 5.56 Å². The number of rotatable bonds is 2. The molecular weight excluding hydrogens is 267 g/mol. The molecular formula is C16H11FN4. The average Bonchev–Trinajstić information content (AvgIpc) is 2.51. The summed E-state index contributed by atoms with van der Waals surface area (Å²) in [4.78, 5) is 4.25. The number of nitrogens with zero attached hydrogens (tertiary/aromatic N) is 2. The highest BCUT2D eigenvalue weighted by Gasteiger charge is 2.10. The van der Waals surface area contributed by atoms with Gasteiger partial charge >= 0.3 is 0 Å². The van der Waals surface area contributed by atoms with Crippen LogP contribution in [0.4, 0.5) is 21.5 Å². The predicted octanol–water partition coefficient (Wildman–Crippen LogP) is 3.57. The largest absolute Gasteiger partial charge is 0.396 e. The first kappa shape index (κ1) is 12.9. The van der Waals surface area contributed by atoms with E-state index in [0.717, 1.165) is 10.9 Å². The van der Waals surface area contributed by atoms with Crippen LogP contribution in [0.15, 0.2) is 48.7 Å². The number of hydrogen-bond acceptors (Lipinski definition) is 4. The van der Waals surface area contributed by atoms with E-state index in [4.69, 9.17) is 11.0 Å². The van der Waals surface area contributed by atoms with Gasteiger partial charge in [-0.1, -0.05) is 18.2 Å². The molecule has 21 heavy (non-hydrogen) atoms. The van der Waals surface area contributed by atoms with Crippen molar-refractivity contribution in [1.82, 2.24) is 4.98 Å². The van der Waals surface area contributed by atoms with Crippen molar-refractivity contribution in [2.24, 2.45) is 0 Å². The van der Waals surface area contributed by atoms with E-state index in [0.29, 0.717) is 17.1 Å². The Bertz CT molecular complexity index is 868. The second kappa shape index (κ2) is 5.10. The molecule has 0 fully saturated rings. The van der Waals surface area contributed by atoms with Crippen molar-refractivity contribution >= 4 is 28.0 Å². The van der Waals surface area contributed by atoms with E-state index < -0.39 is 5.82 Å². The van der Waals surface area contributed by atoms with Crippen LogP contribution >= 0.6 is 0 Å². The number of halogens is 1. The molecule has 2 aromatic carbocycles. The van der Waals surface area contributed by atoms with Gasteiger partial charge in [0.25, 0.3) is 0 Å². The molecule has 1 aromatic heterocycles. The number of hydrogen-bond donors (Lipinski definition) is 2. The Morgan fingerprint density at radius 2 is 2.00 bits per heavy atom. The third-order valence-corrected chi connectivity index (χ3v) is 3.17. The molecule has 0 aliphatic heterocycles. The first-order valence-electron chi connectivity index (χ1n) is 6.29. The van der Waals surface area contributed by atoms with Gasteiger partial charge in [0.1, 0.15) is 11.9 Å². The zero-order chi connectivity index (χ0) is 14.8. The van der Waals surface area contributed by atoms with Crippen LogP contribution in [-0.2, 0) is 0 Å². The molecule has 0 bridgehead atoms. The van der Waals surface area contributed by atoms with Gasteiger partial charge in [0.05, 0.1) is 34.3 Å². The maximum Gasteiger partial charge on any atom is 0.124 e. The summed E-state index contributed by atoms with van der Waals surface area (Å²) in [6.07, 6.45) is 1.56. The second-order valence-corrected chi connectivity index (χ2v) is 4.53. The van der Waals surface area contributed by atoms with Gasteiger partial charge in [0.2, 0.25) is 0 Å². The molecule has 4 nitrogen and oxygen atoms in total. The van der Waals surface area contributed by atoms with Crippen molar-refractivity contribution in [3.05, 3.63) is 60.0 Å². The van der Waals surface area contributed by atoms with Crippen LogP contribution in [0.25, 0.3) is 10.9 Å². The Morgan fingerprint density at radius 3 is 2.81 bits per heavy atom. The second-order valence-electron chi connectivity index (χ2n) is 4.53. The molecule has 0 atom stereocenters. The molecule has 0 amide bonds. The number of para-hydroxylation sites is 1. The molecule has 5 heteroatoms. The van der Waals surface area contributed by atoms with Crippen molar-refractivity contribution in [3.63, 3.8) is 0 Å². The van der Waals surface area contributed by atoms with Crippen molar-refractivity contribution in [2.45, 2.75) is 0 Å². The van der Waals surface area contributed by atoms with E-state index in [1.54, 1.807) is 6.20 Å². The van der Waals surface area contributed by atoms with Crippen LogP contribution in [0.3, 0.4) is 0 Å². The van der Waals surface area contributed by atoms with Crippen molar-refractivity contribution in [3.8, 4) is 6.07 Å². The van der Waals surface area contributed by atoms with E-state index in [1.807, 2.05) is 30.3 Å². The number of nitriles is 1. The highest BCUT2D eigenvalue weighted by Crippen LogP contribution is 2.31. The molecule has 1 heterocycles. The maximum atomic E-state index is 13.2. The molecule has 0 unspecified atom stereocenters. The SMILES string of the molecule is N#Cc1cc(F)ccc1Nc1c(N)cnc2ccccc12. The Labute approximate surface area is 120 Å². The van der Waals surface area contributed by atoms with Crippen LogP contribution in [-0.4, -0.2) is 4.98 Å². The number of anilines is 3. The number of nitrogen functional groups attached to an aromatic ring is 1. The summed E-state index contributed by atoms with van der Waals surface area (Å²) in [6, 6.07) is 13.5. The Hall–Kier alpha value is -3.13. The molecule has 3 N–H and O–H groups in total. The van der Waals surface area contributed by atoms with E-state index >= 15 is 0 Å². The van der Waals surface area contributed by atoms with Gasteiger partial charge in [-0.2, -0.15) is 5.26 Å². The van der Waals surface area contributed by atoms with Gasteiger partial charge in [0.15, 0.2) is 0 Å². The van der Waals surface area contributed by atoms with E-state index in [1.165, 1.54) is 18.2 Å². The minimum Gasteiger partial charge on any atom is -0.396 e. The fourth-order valence-electron chi connectivity index (χ4n) is 2.15. The van der Waals surface area contributed by atoms with E-state index in [9.17, 15) is 4.39 Å². The van der Waals surface area contributed by atoms with Crippen LogP contribution < -0.4 is 11.1 Å². The van der Waals surface area contributed by atoms with Gasteiger partial charge in [-0.05, 0) is 24.3 Å². The summed E-state index contributed by atoms with van der Waals surface area (Å²) in [6.45, 7) is 0. The smallest absolute Gasteiger partial charge is 0.124 e. The minimum absolute atomic E-state index is 0.218. The number of nitrogens with one attached hydrogen (secondary N) is 1. The van der Waals surface area contributed by atoms with Gasteiger partial charge in [-0.15, -0.1) is 0 Å². The molecule has 0 aliphatic rings. The number of fused-ring (bicyclic) bond motifs is 1. The first-order chi connectivity index (χ1) is 10.2. The molecule has 0 saturated heterocycles. The third kappa shape index (κ3) is 2.35. The van der Waals surface area contributed by atoms with Crippen LogP contribution in [0, 0.1) is 17.1 Å². The normalized spacial score (nSPS) is 10.3. The Balaban J connectivity index is 2.15. The van der Waals surface area contributed by atoms with Crippen molar-refractivity contribution in [2.75, 3.05) is 11.1 Å². The fraction of sp³-hybridized carbons (Fsp3) is 0. The number of aromatic nitrogens is 1. The summed E-state index contributed by atoms with van der Waals surface area (Å²) in [5, 5.41) is 13.0. The fourth-order valence-corrected chi connectivity index (χ4v) is 2.15. The van der Waals surface area contributed by atoms with Crippen molar-refractivity contribution < 1.29 is 4.39 Å². The standard InChI is InChI=1S/C16H11FN4/c17-11-5-6-14(10(7-11)8-18)21-16-12-3-1-2-4-15(12)20-9-13(16)19/h1-7,9H,19H2,(H,20,21). The number of benzene rings is 2. The summed E-state index contributed by atoms with van der Waals surface area (Å²) in [7, 11) is 0. The lowest BCUT2D eigenvalue weighted by Crippen LogP contribution is -2.00. The number of pyridine rings is 1. The highest BCUT2D eigenvalue weighted by atomic mass is 19.1. The minimum atomic E-state index is -0.454. The predicted molar refractivity (Wildman–Crippen MR) is 80.6 cm³/mol. The molecule has 0 spiro atoms. The third-order valence-electron chi connectivity index (χ3n) is 3.17. The van der Waals surface area contributed by atoms with Gasteiger partial charge < -0.3 is 11.1 Å². The lowest BCUT2D eigenvalue weighted by Gasteiger charge is -2.13. The highest BCUT2D eigenvalue weighted by molar-refractivity contribution is 5.98. The van der Waals surface area contributed by atoms with Crippen LogP contribution in [0.2, 0.25) is 0 Å².